The van der Waals surface area contributed by atoms with Crippen LogP contribution in [-0.2, 0) is 16.0 Å². The number of nitrogens with zero attached hydrogens (tertiary/aromatic N) is 1. The molecular weight excluding hydrogens is 385 g/mol. The van der Waals surface area contributed by atoms with Crippen molar-refractivity contribution < 1.29 is 9.59 Å². The minimum Gasteiger partial charge on any atom is -0.354 e. The summed E-state index contributed by atoms with van der Waals surface area (Å²) in [6, 6.07) is 7.82. The zero-order valence-electron chi connectivity index (χ0n) is 15.3. The van der Waals surface area contributed by atoms with Gasteiger partial charge in [0.25, 0.3) is 0 Å². The summed E-state index contributed by atoms with van der Waals surface area (Å²) in [4.78, 5) is 27.1. The number of hydrogen-bond donors (Lipinski definition) is 2. The first-order valence-corrected chi connectivity index (χ1v) is 10.0. The molecule has 3 saturated heterocycles. The number of benzene rings is 1. The van der Waals surface area contributed by atoms with E-state index in [1.54, 1.807) is 12.1 Å². The van der Waals surface area contributed by atoms with Crippen molar-refractivity contribution in [3.63, 3.8) is 0 Å². The maximum atomic E-state index is 12.6. The van der Waals surface area contributed by atoms with Crippen LogP contribution in [0, 0.1) is 11.8 Å². The number of halogens is 2. The summed E-state index contributed by atoms with van der Waals surface area (Å²) in [6.07, 6.45) is 4.25. The summed E-state index contributed by atoms with van der Waals surface area (Å²) in [5.74, 6) is 1.27. The Morgan fingerprint density at radius 3 is 2.74 bits per heavy atom. The largest absolute Gasteiger partial charge is 0.354 e. The molecular formula is C20H27Cl2N3O2. The van der Waals surface area contributed by atoms with E-state index in [9.17, 15) is 9.59 Å². The predicted octanol–water partition coefficient (Wildman–Crippen LogP) is 2.41. The van der Waals surface area contributed by atoms with Gasteiger partial charge in [0, 0.05) is 30.6 Å². The molecule has 3 fully saturated rings. The van der Waals surface area contributed by atoms with Gasteiger partial charge in [-0.1, -0.05) is 23.7 Å². The maximum Gasteiger partial charge on any atom is 0.224 e. The van der Waals surface area contributed by atoms with Gasteiger partial charge in [0.2, 0.25) is 11.8 Å². The topological polar surface area (TPSA) is 61.4 Å². The predicted molar refractivity (Wildman–Crippen MR) is 108 cm³/mol. The third-order valence-corrected chi connectivity index (χ3v) is 6.44. The Labute approximate surface area is 171 Å². The first-order valence-electron chi connectivity index (χ1n) is 9.65. The molecule has 3 aliphatic heterocycles. The highest BCUT2D eigenvalue weighted by atomic mass is 35.5. The molecule has 27 heavy (non-hydrogen) atoms. The minimum absolute atomic E-state index is 0. The van der Waals surface area contributed by atoms with Crippen LogP contribution in [0.15, 0.2) is 24.3 Å². The lowest BCUT2D eigenvalue weighted by atomic mass is 9.72. The molecule has 3 aliphatic rings. The van der Waals surface area contributed by atoms with Gasteiger partial charge in [-0.15, -0.1) is 12.4 Å². The lowest BCUT2D eigenvalue weighted by molar-refractivity contribution is -0.149. The Bertz CT molecular complexity index is 682. The summed E-state index contributed by atoms with van der Waals surface area (Å²) in [7, 11) is 0. The van der Waals surface area contributed by atoms with Crippen molar-refractivity contribution in [3.05, 3.63) is 34.9 Å². The Morgan fingerprint density at radius 1 is 1.22 bits per heavy atom. The van der Waals surface area contributed by atoms with Gasteiger partial charge in [-0.2, -0.15) is 0 Å². The zero-order chi connectivity index (χ0) is 18.1. The standard InChI is InChI=1S/C20H26ClN3O2.ClH/c21-16-6-4-13(5-7-16)8-19(25)23-12-18-15-9-14(10-22-11-15)17-2-1-3-20(26)24(17)18;/h4-7,14-15,17-18,22H,1-3,8-12H2,(H,23,25);1H/t14-,15+,17+,18+;/m1./s1. The number of carbonyl (C=O) groups excluding carboxylic acids is 2. The van der Waals surface area contributed by atoms with Crippen molar-refractivity contribution in [2.75, 3.05) is 19.6 Å². The summed E-state index contributed by atoms with van der Waals surface area (Å²) >= 11 is 5.89. The lowest BCUT2D eigenvalue weighted by Gasteiger charge is -2.54. The third kappa shape index (κ3) is 4.41. The van der Waals surface area contributed by atoms with E-state index in [-0.39, 0.29) is 30.3 Å². The number of carbonyl (C=O) groups is 2. The van der Waals surface area contributed by atoms with Crippen molar-refractivity contribution in [3.8, 4) is 0 Å². The molecule has 2 bridgehead atoms. The van der Waals surface area contributed by atoms with Gasteiger partial charge >= 0.3 is 0 Å². The average molecular weight is 412 g/mol. The van der Waals surface area contributed by atoms with Crippen molar-refractivity contribution in [1.82, 2.24) is 15.5 Å². The Kier molecular flexibility index (Phi) is 6.66. The van der Waals surface area contributed by atoms with Crippen LogP contribution < -0.4 is 10.6 Å². The molecule has 0 saturated carbocycles. The molecule has 0 spiro atoms. The monoisotopic (exact) mass is 411 g/mol. The van der Waals surface area contributed by atoms with Crippen LogP contribution in [-0.4, -0.2) is 48.4 Å². The normalized spacial score (nSPS) is 29.5. The Morgan fingerprint density at radius 2 is 1.96 bits per heavy atom. The van der Waals surface area contributed by atoms with Crippen molar-refractivity contribution in [1.29, 1.82) is 0 Å². The van der Waals surface area contributed by atoms with Crippen LogP contribution in [0.5, 0.6) is 0 Å². The molecule has 4 atom stereocenters. The molecule has 148 valence electrons. The molecule has 0 aromatic heterocycles. The van der Waals surface area contributed by atoms with Gasteiger partial charge in [0.15, 0.2) is 0 Å². The molecule has 2 N–H and O–H groups in total. The van der Waals surface area contributed by atoms with Crippen LogP contribution >= 0.6 is 24.0 Å². The van der Waals surface area contributed by atoms with Crippen molar-refractivity contribution in [2.45, 2.75) is 44.2 Å². The fraction of sp³-hybridized carbons (Fsp3) is 0.600. The molecule has 0 unspecified atom stereocenters. The quantitative estimate of drug-likeness (QED) is 0.799. The molecule has 3 heterocycles. The van der Waals surface area contributed by atoms with E-state index in [4.69, 9.17) is 11.6 Å². The van der Waals surface area contributed by atoms with Crippen molar-refractivity contribution >= 4 is 35.8 Å². The Hall–Kier alpha value is -1.30. The summed E-state index contributed by atoms with van der Waals surface area (Å²) in [6.45, 7) is 2.50. The number of rotatable bonds is 4. The second-order valence-electron chi connectivity index (χ2n) is 7.85. The van der Waals surface area contributed by atoms with E-state index >= 15 is 0 Å². The van der Waals surface area contributed by atoms with Gasteiger partial charge in [0.05, 0.1) is 12.5 Å². The van der Waals surface area contributed by atoms with E-state index in [2.05, 4.69) is 15.5 Å². The van der Waals surface area contributed by atoms with E-state index in [0.717, 1.165) is 31.5 Å². The van der Waals surface area contributed by atoms with Gasteiger partial charge in [-0.3, -0.25) is 9.59 Å². The average Bonchev–Trinajstić information content (AvgIpc) is 2.64. The van der Waals surface area contributed by atoms with E-state index in [1.165, 1.54) is 6.42 Å². The van der Waals surface area contributed by atoms with Gasteiger partial charge in [-0.25, -0.2) is 0 Å². The maximum absolute atomic E-state index is 12.6. The number of nitrogens with one attached hydrogen (secondary N) is 2. The molecule has 0 radical (unpaired) electrons. The van der Waals surface area contributed by atoms with Crippen LogP contribution in [0.25, 0.3) is 0 Å². The Balaban J connectivity index is 0.00000210. The highest BCUT2D eigenvalue weighted by molar-refractivity contribution is 6.30. The number of amides is 2. The highest BCUT2D eigenvalue weighted by Gasteiger charge is 2.47. The fourth-order valence-electron chi connectivity index (χ4n) is 4.97. The first kappa shape index (κ1) is 20.4. The summed E-state index contributed by atoms with van der Waals surface area (Å²) in [5.41, 5.74) is 0.946. The second-order valence-corrected chi connectivity index (χ2v) is 8.29. The van der Waals surface area contributed by atoms with Crippen molar-refractivity contribution in [2.24, 2.45) is 11.8 Å². The van der Waals surface area contributed by atoms with Gasteiger partial charge in [0.1, 0.15) is 0 Å². The molecule has 5 nitrogen and oxygen atoms in total. The molecule has 1 aromatic carbocycles. The van der Waals surface area contributed by atoms with E-state index < -0.39 is 0 Å². The summed E-state index contributed by atoms with van der Waals surface area (Å²) < 4.78 is 0. The summed E-state index contributed by atoms with van der Waals surface area (Å²) in [5, 5.41) is 7.28. The van der Waals surface area contributed by atoms with Gasteiger partial charge in [-0.05, 0) is 55.3 Å². The van der Waals surface area contributed by atoms with E-state index in [1.807, 2.05) is 12.1 Å². The lowest BCUT2D eigenvalue weighted by Crippen LogP contribution is -2.66. The molecule has 4 rings (SSSR count). The zero-order valence-corrected chi connectivity index (χ0v) is 16.9. The van der Waals surface area contributed by atoms with Crippen LogP contribution in [0.3, 0.4) is 0 Å². The van der Waals surface area contributed by atoms with Crippen LogP contribution in [0.4, 0.5) is 0 Å². The van der Waals surface area contributed by atoms with Gasteiger partial charge < -0.3 is 15.5 Å². The smallest absolute Gasteiger partial charge is 0.224 e. The first-order chi connectivity index (χ1) is 12.6. The minimum atomic E-state index is -0.000719. The van der Waals surface area contributed by atoms with E-state index in [0.29, 0.717) is 42.3 Å². The van der Waals surface area contributed by atoms with Crippen LogP contribution in [0.2, 0.25) is 5.02 Å². The molecule has 1 aromatic rings. The number of fused-ring (bicyclic) bond motifs is 4. The fourth-order valence-corrected chi connectivity index (χ4v) is 5.09. The molecule has 2 amide bonds. The second kappa shape index (κ2) is 8.80. The number of piperidine rings is 3. The molecule has 7 heteroatoms. The highest BCUT2D eigenvalue weighted by Crippen LogP contribution is 2.39. The molecule has 0 aliphatic carbocycles. The SMILES string of the molecule is Cl.O=C(Cc1ccc(Cl)cc1)NC[C@H]1[C@@H]2CNC[C@@H](C2)[C@@H]2CCCC(=O)N21. The number of hydrogen-bond acceptors (Lipinski definition) is 3. The van der Waals surface area contributed by atoms with Crippen LogP contribution in [0.1, 0.15) is 31.2 Å². The third-order valence-electron chi connectivity index (χ3n) is 6.19.